The molecule has 1 amide bonds. The first kappa shape index (κ1) is 21.7. The molecular weight excluding hydrogens is 331 g/mol. The van der Waals surface area contributed by atoms with Crippen LogP contribution < -0.4 is 15.4 Å². The van der Waals surface area contributed by atoms with Crippen LogP contribution >= 0.6 is 0 Å². The Bertz CT molecular complexity index is 640. The van der Waals surface area contributed by atoms with Crippen molar-refractivity contribution in [1.29, 1.82) is 0 Å². The van der Waals surface area contributed by atoms with E-state index in [1.165, 1.54) is 0 Å². The van der Waals surface area contributed by atoms with Crippen LogP contribution in [0, 0.1) is 11.7 Å². The van der Waals surface area contributed by atoms with Crippen molar-refractivity contribution in [3.63, 3.8) is 0 Å². The number of Topliss-reactive ketones (excluding diaryl/α,β-unsaturated/α-hetero) is 1. The molecule has 0 saturated carbocycles. The van der Waals surface area contributed by atoms with E-state index in [4.69, 9.17) is 17.3 Å². The molecule has 138 valence electrons. The molecular formula is C19H25BN2O4. The number of ether oxygens (including phenoxy) is 2. The molecule has 0 bridgehead atoms. The zero-order valence-electron chi connectivity index (χ0n) is 15.3. The summed E-state index contributed by atoms with van der Waals surface area (Å²) in [4.78, 5) is 23.6. The first-order chi connectivity index (χ1) is 12.6. The highest BCUT2D eigenvalue weighted by Gasteiger charge is 2.09. The average molecular weight is 356 g/mol. The van der Waals surface area contributed by atoms with E-state index < -0.39 is 0 Å². The summed E-state index contributed by atoms with van der Waals surface area (Å²) in [5.41, 5.74) is 0.632. The lowest BCUT2D eigenvalue weighted by atomic mass is 10.1. The van der Waals surface area contributed by atoms with Crippen LogP contribution in [0.1, 0.15) is 30.1 Å². The Morgan fingerprint density at radius 2 is 2.15 bits per heavy atom. The van der Waals surface area contributed by atoms with Gasteiger partial charge in [0.2, 0.25) is 5.91 Å². The van der Waals surface area contributed by atoms with Crippen LogP contribution in [0.3, 0.4) is 0 Å². The molecule has 1 rings (SSSR count). The summed E-state index contributed by atoms with van der Waals surface area (Å²) in [6.45, 7) is 3.00. The number of rotatable bonds is 12. The van der Waals surface area contributed by atoms with E-state index in [9.17, 15) is 9.59 Å². The highest BCUT2D eigenvalue weighted by molar-refractivity contribution is 6.22. The molecule has 0 fully saturated rings. The van der Waals surface area contributed by atoms with Crippen LogP contribution in [0.5, 0.6) is 5.75 Å². The predicted molar refractivity (Wildman–Crippen MR) is 101 cm³/mol. The second-order valence-corrected chi connectivity index (χ2v) is 5.69. The fraction of sp³-hybridized carbons (Fsp3) is 0.474. The number of carbonyl (C=O) groups is 2. The second-order valence-electron chi connectivity index (χ2n) is 5.69. The minimum atomic E-state index is -0.281. The van der Waals surface area contributed by atoms with Crippen molar-refractivity contribution in [1.82, 2.24) is 10.6 Å². The Hall–Kier alpha value is -2.30. The average Bonchev–Trinajstić information content (AvgIpc) is 2.65. The van der Waals surface area contributed by atoms with Gasteiger partial charge in [-0.1, -0.05) is 18.1 Å². The van der Waals surface area contributed by atoms with Crippen LogP contribution in [0.2, 0.25) is 0 Å². The lowest BCUT2D eigenvalue weighted by Crippen LogP contribution is -2.31. The van der Waals surface area contributed by atoms with Gasteiger partial charge >= 0.3 is 0 Å². The molecule has 1 unspecified atom stereocenters. The zero-order chi connectivity index (χ0) is 19.2. The first-order valence-electron chi connectivity index (χ1n) is 8.54. The highest BCUT2D eigenvalue weighted by Crippen LogP contribution is 2.16. The van der Waals surface area contributed by atoms with Gasteiger partial charge in [0, 0.05) is 12.0 Å². The Morgan fingerprint density at radius 3 is 2.88 bits per heavy atom. The van der Waals surface area contributed by atoms with Crippen molar-refractivity contribution in [2.24, 2.45) is 0 Å². The molecule has 6 nitrogen and oxygen atoms in total. The van der Waals surface area contributed by atoms with Gasteiger partial charge in [-0.3, -0.25) is 9.59 Å². The fourth-order valence-corrected chi connectivity index (χ4v) is 2.05. The van der Waals surface area contributed by atoms with Crippen molar-refractivity contribution in [3.8, 4) is 17.5 Å². The SMILES string of the molecule is [B]C#CCNC(=O)COC(C)COc1cccc(C(=O)CCCNC)c1. The summed E-state index contributed by atoms with van der Waals surface area (Å²) in [5, 5.41) is 5.57. The summed E-state index contributed by atoms with van der Waals surface area (Å²) in [7, 11) is 6.87. The Labute approximate surface area is 156 Å². The van der Waals surface area contributed by atoms with Crippen molar-refractivity contribution >= 4 is 19.5 Å². The van der Waals surface area contributed by atoms with Gasteiger partial charge in [-0.15, -0.1) is 0 Å². The minimum absolute atomic E-state index is 0.0826. The third-order valence-corrected chi connectivity index (χ3v) is 3.45. The number of hydrogen-bond donors (Lipinski definition) is 2. The molecule has 2 N–H and O–H groups in total. The summed E-state index contributed by atoms with van der Waals surface area (Å²) in [6.07, 6.45) is 1.01. The van der Waals surface area contributed by atoms with Gasteiger partial charge in [-0.25, -0.2) is 0 Å². The normalized spacial score (nSPS) is 11.2. The van der Waals surface area contributed by atoms with Crippen molar-refractivity contribution in [3.05, 3.63) is 29.8 Å². The maximum Gasteiger partial charge on any atom is 0.246 e. The van der Waals surface area contributed by atoms with Crippen LogP contribution in [0.15, 0.2) is 24.3 Å². The van der Waals surface area contributed by atoms with Crippen LogP contribution in [0.25, 0.3) is 0 Å². The third kappa shape index (κ3) is 9.26. The lowest BCUT2D eigenvalue weighted by Gasteiger charge is -2.14. The van der Waals surface area contributed by atoms with Crippen molar-refractivity contribution in [2.45, 2.75) is 25.9 Å². The molecule has 26 heavy (non-hydrogen) atoms. The van der Waals surface area contributed by atoms with Gasteiger partial charge < -0.3 is 20.1 Å². The molecule has 0 aromatic heterocycles. The van der Waals surface area contributed by atoms with Crippen molar-refractivity contribution < 1.29 is 19.1 Å². The number of ketones is 1. The quantitative estimate of drug-likeness (QED) is 0.252. The lowest BCUT2D eigenvalue weighted by molar-refractivity contribution is -0.127. The molecule has 0 aliphatic rings. The van der Waals surface area contributed by atoms with E-state index in [1.807, 2.05) is 7.05 Å². The number of nitrogens with one attached hydrogen (secondary N) is 2. The minimum Gasteiger partial charge on any atom is -0.491 e. The van der Waals surface area contributed by atoms with Crippen LogP contribution in [-0.2, 0) is 9.53 Å². The fourth-order valence-electron chi connectivity index (χ4n) is 2.05. The molecule has 2 radical (unpaired) electrons. The molecule has 1 atom stereocenters. The van der Waals surface area contributed by atoms with Crippen LogP contribution in [0.4, 0.5) is 0 Å². The molecule has 0 heterocycles. The molecule has 1 aromatic carbocycles. The largest absolute Gasteiger partial charge is 0.491 e. The zero-order valence-corrected chi connectivity index (χ0v) is 15.3. The molecule has 0 aliphatic carbocycles. The molecule has 0 aliphatic heterocycles. The summed E-state index contributed by atoms with van der Waals surface area (Å²) >= 11 is 0. The maximum absolute atomic E-state index is 12.1. The number of hydrogen-bond acceptors (Lipinski definition) is 5. The van der Waals surface area contributed by atoms with E-state index >= 15 is 0 Å². The Balaban J connectivity index is 2.37. The van der Waals surface area contributed by atoms with Gasteiger partial charge in [0.25, 0.3) is 0 Å². The number of amides is 1. The first-order valence-corrected chi connectivity index (χ1v) is 8.54. The third-order valence-electron chi connectivity index (χ3n) is 3.45. The summed E-state index contributed by atoms with van der Waals surface area (Å²) in [6, 6.07) is 7.09. The predicted octanol–water partition coefficient (Wildman–Crippen LogP) is 0.898. The number of benzene rings is 1. The van der Waals surface area contributed by atoms with Gasteiger partial charge in [0.1, 0.15) is 19.0 Å². The maximum atomic E-state index is 12.1. The molecule has 0 spiro atoms. The Morgan fingerprint density at radius 1 is 1.35 bits per heavy atom. The topological polar surface area (TPSA) is 76.7 Å². The van der Waals surface area contributed by atoms with E-state index in [0.29, 0.717) is 17.7 Å². The van der Waals surface area contributed by atoms with E-state index in [0.717, 1.165) is 13.0 Å². The smallest absolute Gasteiger partial charge is 0.246 e. The van der Waals surface area contributed by atoms with Crippen LogP contribution in [-0.4, -0.2) is 59.0 Å². The highest BCUT2D eigenvalue weighted by atomic mass is 16.5. The Kier molecular flexibility index (Phi) is 10.9. The molecule has 1 aromatic rings. The summed E-state index contributed by atoms with van der Waals surface area (Å²) < 4.78 is 11.1. The van der Waals surface area contributed by atoms with Gasteiger partial charge in [-0.2, -0.15) is 5.82 Å². The monoisotopic (exact) mass is 356 g/mol. The van der Waals surface area contributed by atoms with Gasteiger partial charge in [-0.05, 0) is 39.1 Å². The van der Waals surface area contributed by atoms with E-state index in [2.05, 4.69) is 22.4 Å². The van der Waals surface area contributed by atoms with Crippen molar-refractivity contribution in [2.75, 3.05) is 33.4 Å². The number of carbonyl (C=O) groups excluding carboxylic acids is 2. The molecule has 0 saturated heterocycles. The van der Waals surface area contributed by atoms with E-state index in [-0.39, 0.29) is 37.6 Å². The second kappa shape index (κ2) is 13.0. The van der Waals surface area contributed by atoms with E-state index in [1.54, 1.807) is 31.2 Å². The van der Waals surface area contributed by atoms with Gasteiger partial charge in [0.05, 0.1) is 12.6 Å². The molecule has 7 heteroatoms. The summed E-state index contributed by atoms with van der Waals surface area (Å²) in [5.74, 6) is 5.15. The standard InChI is InChI=1S/C19H25BN2O4/c1-15(25-14-19(24)22-11-5-9-20)13-26-17-7-3-6-16(12-17)18(23)8-4-10-21-2/h3,6-7,12,15,21H,4,8,10-11,13-14H2,1-2H3,(H,22,24). The van der Waals surface area contributed by atoms with Gasteiger partial charge in [0.15, 0.2) is 13.6 Å².